The largest absolute Gasteiger partial charge is 0.478 e. The average molecular weight is 181 g/mol. The summed E-state index contributed by atoms with van der Waals surface area (Å²) in [6.07, 6.45) is 1.25. The number of carbonyl (C=O) groups is 1. The highest BCUT2D eigenvalue weighted by Gasteiger charge is 2.08. The SMILES string of the molecule is CCNc1cc(N)c(C(=O)O)cn1. The van der Waals surface area contributed by atoms with Gasteiger partial charge in [-0.1, -0.05) is 0 Å². The summed E-state index contributed by atoms with van der Waals surface area (Å²) < 4.78 is 0. The minimum Gasteiger partial charge on any atom is -0.478 e. The van der Waals surface area contributed by atoms with Crippen LogP contribution in [0.15, 0.2) is 12.3 Å². The molecule has 1 heterocycles. The third-order valence-corrected chi connectivity index (χ3v) is 1.52. The van der Waals surface area contributed by atoms with E-state index in [2.05, 4.69) is 10.3 Å². The number of pyridine rings is 1. The van der Waals surface area contributed by atoms with Gasteiger partial charge >= 0.3 is 5.97 Å². The molecule has 5 heteroatoms. The van der Waals surface area contributed by atoms with E-state index in [9.17, 15) is 4.79 Å². The molecule has 0 amide bonds. The highest BCUT2D eigenvalue weighted by Crippen LogP contribution is 2.14. The van der Waals surface area contributed by atoms with Crippen molar-refractivity contribution < 1.29 is 9.90 Å². The first kappa shape index (κ1) is 9.31. The van der Waals surface area contributed by atoms with Crippen molar-refractivity contribution >= 4 is 17.5 Å². The third kappa shape index (κ3) is 2.08. The summed E-state index contributed by atoms with van der Waals surface area (Å²) in [5, 5.41) is 11.6. The lowest BCUT2D eigenvalue weighted by Gasteiger charge is -2.04. The molecular weight excluding hydrogens is 170 g/mol. The number of anilines is 2. The van der Waals surface area contributed by atoms with Crippen molar-refractivity contribution in [3.63, 3.8) is 0 Å². The molecule has 0 aliphatic carbocycles. The Labute approximate surface area is 75.6 Å². The minimum absolute atomic E-state index is 0.0293. The zero-order valence-corrected chi connectivity index (χ0v) is 7.24. The molecule has 0 unspecified atom stereocenters. The molecule has 1 aromatic heterocycles. The Kier molecular flexibility index (Phi) is 2.69. The summed E-state index contributed by atoms with van der Waals surface area (Å²) in [5.74, 6) is -0.474. The van der Waals surface area contributed by atoms with Crippen LogP contribution < -0.4 is 11.1 Å². The minimum atomic E-state index is -1.06. The molecule has 1 rings (SSSR count). The second-order valence-electron chi connectivity index (χ2n) is 2.49. The maximum Gasteiger partial charge on any atom is 0.339 e. The van der Waals surface area contributed by atoms with Crippen molar-refractivity contribution in [2.75, 3.05) is 17.6 Å². The van der Waals surface area contributed by atoms with E-state index in [0.717, 1.165) is 6.54 Å². The van der Waals surface area contributed by atoms with Gasteiger partial charge in [-0.15, -0.1) is 0 Å². The Morgan fingerprint density at radius 3 is 2.92 bits per heavy atom. The number of carboxylic acid groups (broad SMARTS) is 1. The lowest BCUT2D eigenvalue weighted by Crippen LogP contribution is -2.06. The fraction of sp³-hybridized carbons (Fsp3) is 0.250. The second-order valence-corrected chi connectivity index (χ2v) is 2.49. The van der Waals surface area contributed by atoms with Crippen LogP contribution in [0.5, 0.6) is 0 Å². The monoisotopic (exact) mass is 181 g/mol. The molecule has 1 aromatic rings. The van der Waals surface area contributed by atoms with Gasteiger partial charge in [-0.05, 0) is 6.92 Å². The topological polar surface area (TPSA) is 88.2 Å². The van der Waals surface area contributed by atoms with Crippen LogP contribution in [0.3, 0.4) is 0 Å². The molecule has 0 aliphatic heterocycles. The standard InChI is InChI=1S/C8H11N3O2/c1-2-10-7-3-6(9)5(4-11-7)8(12)13/h3-4H,2H2,1H3,(H,12,13)(H3,9,10,11). The number of carboxylic acids is 1. The van der Waals surface area contributed by atoms with E-state index in [1.165, 1.54) is 12.3 Å². The molecule has 0 bridgehead atoms. The number of nitrogens with two attached hydrogens (primary N) is 1. The summed E-state index contributed by atoms with van der Waals surface area (Å²) in [5.41, 5.74) is 5.74. The molecule has 0 atom stereocenters. The molecule has 0 fully saturated rings. The van der Waals surface area contributed by atoms with E-state index in [1.807, 2.05) is 6.92 Å². The molecule has 0 aliphatic rings. The molecule has 0 saturated carbocycles. The van der Waals surface area contributed by atoms with Crippen molar-refractivity contribution in [1.29, 1.82) is 0 Å². The second kappa shape index (κ2) is 3.75. The van der Waals surface area contributed by atoms with Crippen molar-refractivity contribution in [2.24, 2.45) is 0 Å². The number of nitrogens with zero attached hydrogens (tertiary/aromatic N) is 1. The van der Waals surface area contributed by atoms with E-state index in [-0.39, 0.29) is 11.3 Å². The van der Waals surface area contributed by atoms with Gasteiger partial charge in [-0.25, -0.2) is 9.78 Å². The van der Waals surface area contributed by atoms with Crippen molar-refractivity contribution in [3.05, 3.63) is 17.8 Å². The van der Waals surface area contributed by atoms with Gasteiger partial charge in [0.25, 0.3) is 0 Å². The first-order chi connectivity index (χ1) is 6.15. The number of rotatable bonds is 3. The Morgan fingerprint density at radius 2 is 2.46 bits per heavy atom. The first-order valence-corrected chi connectivity index (χ1v) is 3.87. The van der Waals surface area contributed by atoms with Crippen LogP contribution in [0.1, 0.15) is 17.3 Å². The summed E-state index contributed by atoms with van der Waals surface area (Å²) in [7, 11) is 0. The Balaban J connectivity index is 2.98. The van der Waals surface area contributed by atoms with Gasteiger partial charge in [0.2, 0.25) is 0 Å². The quantitative estimate of drug-likeness (QED) is 0.641. The number of aromatic carboxylic acids is 1. The van der Waals surface area contributed by atoms with Gasteiger partial charge in [0.15, 0.2) is 0 Å². The Bertz CT molecular complexity index is 325. The fourth-order valence-corrected chi connectivity index (χ4v) is 0.927. The maximum absolute atomic E-state index is 10.6. The lowest BCUT2D eigenvalue weighted by atomic mass is 10.2. The van der Waals surface area contributed by atoms with Gasteiger partial charge in [0, 0.05) is 18.8 Å². The fourth-order valence-electron chi connectivity index (χ4n) is 0.927. The van der Waals surface area contributed by atoms with Crippen LogP contribution in [0, 0.1) is 0 Å². The van der Waals surface area contributed by atoms with E-state index >= 15 is 0 Å². The van der Waals surface area contributed by atoms with Gasteiger partial charge < -0.3 is 16.2 Å². The first-order valence-electron chi connectivity index (χ1n) is 3.87. The Morgan fingerprint density at radius 1 is 1.77 bits per heavy atom. The van der Waals surface area contributed by atoms with Crippen LogP contribution in [-0.4, -0.2) is 22.6 Å². The zero-order valence-electron chi connectivity index (χ0n) is 7.24. The Hall–Kier alpha value is -1.78. The smallest absolute Gasteiger partial charge is 0.339 e. The van der Waals surface area contributed by atoms with E-state index in [4.69, 9.17) is 10.8 Å². The normalized spacial score (nSPS) is 9.62. The van der Waals surface area contributed by atoms with Crippen molar-refractivity contribution in [3.8, 4) is 0 Å². The highest BCUT2D eigenvalue weighted by molar-refractivity contribution is 5.93. The van der Waals surface area contributed by atoms with Crippen LogP contribution in [0.25, 0.3) is 0 Å². The zero-order chi connectivity index (χ0) is 9.84. The summed E-state index contributed by atoms with van der Waals surface area (Å²) in [6.45, 7) is 2.64. The van der Waals surface area contributed by atoms with Gasteiger partial charge in [-0.3, -0.25) is 0 Å². The number of nitrogens with one attached hydrogen (secondary N) is 1. The van der Waals surface area contributed by atoms with Crippen LogP contribution >= 0.6 is 0 Å². The molecule has 4 N–H and O–H groups in total. The van der Waals surface area contributed by atoms with Gasteiger partial charge in [0.1, 0.15) is 11.4 Å². The average Bonchev–Trinajstić information content (AvgIpc) is 2.04. The van der Waals surface area contributed by atoms with Crippen molar-refractivity contribution in [2.45, 2.75) is 6.92 Å². The van der Waals surface area contributed by atoms with E-state index < -0.39 is 5.97 Å². The third-order valence-electron chi connectivity index (χ3n) is 1.52. The molecule has 70 valence electrons. The maximum atomic E-state index is 10.6. The lowest BCUT2D eigenvalue weighted by molar-refractivity contribution is 0.0697. The number of nitrogen functional groups attached to an aromatic ring is 1. The predicted octanol–water partition coefficient (Wildman–Crippen LogP) is 0.794. The van der Waals surface area contributed by atoms with Gasteiger partial charge in [-0.2, -0.15) is 0 Å². The van der Waals surface area contributed by atoms with Gasteiger partial charge in [0.05, 0.1) is 5.69 Å². The van der Waals surface area contributed by atoms with E-state index in [1.54, 1.807) is 0 Å². The molecule has 0 saturated heterocycles. The predicted molar refractivity (Wildman–Crippen MR) is 49.8 cm³/mol. The highest BCUT2D eigenvalue weighted by atomic mass is 16.4. The number of hydrogen-bond acceptors (Lipinski definition) is 4. The summed E-state index contributed by atoms with van der Waals surface area (Å²) >= 11 is 0. The number of aromatic nitrogens is 1. The number of hydrogen-bond donors (Lipinski definition) is 3. The molecule has 0 spiro atoms. The summed E-state index contributed by atoms with van der Waals surface area (Å²) in [4.78, 5) is 14.4. The molecule has 13 heavy (non-hydrogen) atoms. The van der Waals surface area contributed by atoms with Crippen LogP contribution in [0.2, 0.25) is 0 Å². The van der Waals surface area contributed by atoms with Crippen molar-refractivity contribution in [1.82, 2.24) is 4.98 Å². The van der Waals surface area contributed by atoms with Crippen LogP contribution in [-0.2, 0) is 0 Å². The van der Waals surface area contributed by atoms with Crippen LogP contribution in [0.4, 0.5) is 11.5 Å². The molecule has 0 aromatic carbocycles. The summed E-state index contributed by atoms with van der Waals surface area (Å²) in [6, 6.07) is 1.51. The molecule has 5 nitrogen and oxygen atoms in total. The molecule has 0 radical (unpaired) electrons. The van der Waals surface area contributed by atoms with E-state index in [0.29, 0.717) is 5.82 Å². The molecular formula is C8H11N3O2.